The molecule has 2 rings (SSSR count). The van der Waals surface area contributed by atoms with Gasteiger partial charge in [-0.2, -0.15) is 0 Å². The Labute approximate surface area is 177 Å². The molecule has 3 N–H and O–H groups in total. The van der Waals surface area contributed by atoms with E-state index in [-0.39, 0.29) is 18.6 Å². The summed E-state index contributed by atoms with van der Waals surface area (Å²) in [6.07, 6.45) is 0. The van der Waals surface area contributed by atoms with Crippen LogP contribution in [0.3, 0.4) is 0 Å². The molecule has 6 nitrogen and oxygen atoms in total. The number of hydrogen-bond acceptors (Lipinski definition) is 3. The first-order valence-corrected chi connectivity index (χ1v) is 10.2. The van der Waals surface area contributed by atoms with Crippen LogP contribution in [0.4, 0.5) is 0 Å². The van der Waals surface area contributed by atoms with E-state index in [0.717, 1.165) is 17.7 Å². The molecule has 2 aromatic rings. The van der Waals surface area contributed by atoms with Gasteiger partial charge in [0.15, 0.2) is 12.6 Å². The summed E-state index contributed by atoms with van der Waals surface area (Å²) >= 11 is 6.09. The molecule has 29 heavy (non-hydrogen) atoms. The van der Waals surface area contributed by atoms with Gasteiger partial charge in [0.05, 0.1) is 12.6 Å². The van der Waals surface area contributed by atoms with Crippen LogP contribution in [0.25, 0.3) is 0 Å². The van der Waals surface area contributed by atoms with Crippen LogP contribution in [0.1, 0.15) is 37.9 Å². The minimum absolute atomic E-state index is 0.00189. The number of nitrogens with zero attached hydrogens (tertiary/aromatic N) is 1. The van der Waals surface area contributed by atoms with Gasteiger partial charge in [0, 0.05) is 18.1 Å². The minimum atomic E-state index is -0.135. The average molecular weight is 417 g/mol. The summed E-state index contributed by atoms with van der Waals surface area (Å²) in [6.45, 7) is 7.79. The Hall–Kier alpha value is -2.73. The van der Waals surface area contributed by atoms with Crippen molar-refractivity contribution in [2.24, 2.45) is 4.99 Å². The fourth-order valence-corrected chi connectivity index (χ4v) is 2.88. The van der Waals surface area contributed by atoms with Crippen LogP contribution in [0.2, 0.25) is 5.02 Å². The van der Waals surface area contributed by atoms with Crippen molar-refractivity contribution in [1.29, 1.82) is 0 Å². The zero-order valence-corrected chi connectivity index (χ0v) is 17.9. The highest BCUT2D eigenvalue weighted by Gasteiger charge is 2.08. The van der Waals surface area contributed by atoms with E-state index in [1.165, 1.54) is 0 Å². The number of amides is 1. The number of likely N-dealkylation sites (N-methyl/N-ethyl adjacent to an activating group) is 1. The SMILES string of the molecule is CCNC(=O)COc1cccc(CN=C(NCC)NC(C)c2cccc(Cl)c2)c1. The summed E-state index contributed by atoms with van der Waals surface area (Å²) in [6, 6.07) is 15.4. The highest BCUT2D eigenvalue weighted by molar-refractivity contribution is 6.30. The molecule has 0 heterocycles. The number of nitrogens with one attached hydrogen (secondary N) is 3. The third kappa shape index (κ3) is 8.03. The monoisotopic (exact) mass is 416 g/mol. The molecule has 0 aliphatic heterocycles. The topological polar surface area (TPSA) is 74.8 Å². The van der Waals surface area contributed by atoms with E-state index in [9.17, 15) is 4.79 Å². The van der Waals surface area contributed by atoms with E-state index in [4.69, 9.17) is 16.3 Å². The van der Waals surface area contributed by atoms with Gasteiger partial charge < -0.3 is 20.7 Å². The van der Waals surface area contributed by atoms with Crippen molar-refractivity contribution in [3.05, 3.63) is 64.7 Å². The van der Waals surface area contributed by atoms with Gasteiger partial charge in [-0.25, -0.2) is 4.99 Å². The van der Waals surface area contributed by atoms with Gasteiger partial charge >= 0.3 is 0 Å². The molecular formula is C22H29ClN4O2. The van der Waals surface area contributed by atoms with Crippen LogP contribution >= 0.6 is 11.6 Å². The molecule has 0 saturated carbocycles. The van der Waals surface area contributed by atoms with E-state index in [0.29, 0.717) is 29.8 Å². The fraction of sp³-hybridized carbons (Fsp3) is 0.364. The van der Waals surface area contributed by atoms with Gasteiger partial charge in [-0.1, -0.05) is 35.9 Å². The second kappa shape index (κ2) is 12.0. The van der Waals surface area contributed by atoms with Crippen molar-refractivity contribution in [2.45, 2.75) is 33.4 Å². The summed E-state index contributed by atoms with van der Waals surface area (Å²) < 4.78 is 5.54. The largest absolute Gasteiger partial charge is 0.484 e. The molecule has 2 aromatic carbocycles. The third-order valence-electron chi connectivity index (χ3n) is 4.11. The Morgan fingerprint density at radius 1 is 1.10 bits per heavy atom. The van der Waals surface area contributed by atoms with Crippen LogP contribution in [-0.4, -0.2) is 31.6 Å². The standard InChI is InChI=1S/C22H29ClN4O2/c1-4-24-21(28)15-29-20-11-6-8-17(12-20)14-26-22(25-5-2)27-16(3)18-9-7-10-19(23)13-18/h6-13,16H,4-5,14-15H2,1-3H3,(H,24,28)(H2,25,26,27). The highest BCUT2D eigenvalue weighted by atomic mass is 35.5. The first-order chi connectivity index (χ1) is 14.0. The molecule has 0 aromatic heterocycles. The summed E-state index contributed by atoms with van der Waals surface area (Å²) in [7, 11) is 0. The maximum atomic E-state index is 11.5. The number of rotatable bonds is 9. The summed E-state index contributed by atoms with van der Waals surface area (Å²) in [4.78, 5) is 16.2. The molecule has 0 saturated heterocycles. The van der Waals surface area contributed by atoms with E-state index < -0.39 is 0 Å². The van der Waals surface area contributed by atoms with E-state index >= 15 is 0 Å². The number of guanidine groups is 1. The van der Waals surface area contributed by atoms with Gasteiger partial charge in [0.25, 0.3) is 5.91 Å². The lowest BCUT2D eigenvalue weighted by molar-refractivity contribution is -0.122. The summed E-state index contributed by atoms with van der Waals surface area (Å²) in [5.41, 5.74) is 2.08. The number of aliphatic imine (C=N–C) groups is 1. The molecule has 1 atom stereocenters. The van der Waals surface area contributed by atoms with E-state index in [2.05, 4.69) is 27.9 Å². The van der Waals surface area contributed by atoms with Crippen molar-refractivity contribution >= 4 is 23.5 Å². The molecule has 1 unspecified atom stereocenters. The first kappa shape index (κ1) is 22.6. The van der Waals surface area contributed by atoms with Crippen LogP contribution in [0, 0.1) is 0 Å². The second-order valence-electron chi connectivity index (χ2n) is 6.51. The smallest absolute Gasteiger partial charge is 0.257 e. The van der Waals surface area contributed by atoms with Crippen molar-refractivity contribution in [1.82, 2.24) is 16.0 Å². The van der Waals surface area contributed by atoms with Crippen LogP contribution < -0.4 is 20.7 Å². The van der Waals surface area contributed by atoms with E-state index in [1.54, 1.807) is 0 Å². The number of carbonyl (C=O) groups is 1. The first-order valence-electron chi connectivity index (χ1n) is 9.80. The molecule has 0 bridgehead atoms. The molecule has 0 radical (unpaired) electrons. The lowest BCUT2D eigenvalue weighted by Gasteiger charge is -2.18. The summed E-state index contributed by atoms with van der Waals surface area (Å²) in [5, 5.41) is 10.1. The molecule has 0 fully saturated rings. The Morgan fingerprint density at radius 2 is 1.86 bits per heavy atom. The zero-order chi connectivity index (χ0) is 21.1. The van der Waals surface area contributed by atoms with Crippen LogP contribution in [-0.2, 0) is 11.3 Å². The van der Waals surface area contributed by atoms with Crippen molar-refractivity contribution in [3.63, 3.8) is 0 Å². The number of benzene rings is 2. The van der Waals surface area contributed by atoms with Gasteiger partial charge in [-0.05, 0) is 56.2 Å². The Kier molecular flexibility index (Phi) is 9.31. The number of halogens is 1. The van der Waals surface area contributed by atoms with Crippen molar-refractivity contribution < 1.29 is 9.53 Å². The van der Waals surface area contributed by atoms with Crippen LogP contribution in [0.5, 0.6) is 5.75 Å². The Bertz CT molecular complexity index is 826. The second-order valence-corrected chi connectivity index (χ2v) is 6.94. The van der Waals surface area contributed by atoms with Crippen LogP contribution in [0.15, 0.2) is 53.5 Å². The predicted molar refractivity (Wildman–Crippen MR) is 118 cm³/mol. The molecule has 156 valence electrons. The quantitative estimate of drug-likeness (QED) is 0.430. The van der Waals surface area contributed by atoms with Gasteiger partial charge in [0.1, 0.15) is 5.75 Å². The normalized spacial score (nSPS) is 12.2. The predicted octanol–water partition coefficient (Wildman–Crippen LogP) is 3.67. The third-order valence-corrected chi connectivity index (χ3v) is 4.34. The van der Waals surface area contributed by atoms with E-state index in [1.807, 2.05) is 62.4 Å². The number of hydrogen-bond donors (Lipinski definition) is 3. The zero-order valence-electron chi connectivity index (χ0n) is 17.2. The summed E-state index contributed by atoms with van der Waals surface area (Å²) in [5.74, 6) is 1.23. The highest BCUT2D eigenvalue weighted by Crippen LogP contribution is 2.17. The number of ether oxygens (including phenoxy) is 1. The molecular weight excluding hydrogens is 388 g/mol. The molecule has 0 aliphatic rings. The fourth-order valence-electron chi connectivity index (χ4n) is 2.69. The van der Waals surface area contributed by atoms with Gasteiger partial charge in [-0.15, -0.1) is 0 Å². The Morgan fingerprint density at radius 3 is 2.59 bits per heavy atom. The number of carbonyl (C=O) groups excluding carboxylic acids is 1. The van der Waals surface area contributed by atoms with Crippen molar-refractivity contribution in [2.75, 3.05) is 19.7 Å². The average Bonchev–Trinajstić information content (AvgIpc) is 2.71. The minimum Gasteiger partial charge on any atom is -0.484 e. The Balaban J connectivity index is 2.00. The maximum Gasteiger partial charge on any atom is 0.257 e. The van der Waals surface area contributed by atoms with Crippen molar-refractivity contribution in [3.8, 4) is 5.75 Å². The molecule has 0 spiro atoms. The van der Waals surface area contributed by atoms with Gasteiger partial charge in [0.2, 0.25) is 0 Å². The molecule has 0 aliphatic carbocycles. The molecule has 1 amide bonds. The van der Waals surface area contributed by atoms with Gasteiger partial charge in [-0.3, -0.25) is 4.79 Å². The lowest BCUT2D eigenvalue weighted by atomic mass is 10.1. The maximum absolute atomic E-state index is 11.5. The lowest BCUT2D eigenvalue weighted by Crippen LogP contribution is -2.38. The molecule has 7 heteroatoms.